The number of imide groups is 1. The lowest BCUT2D eigenvalue weighted by molar-refractivity contribution is -0.125. The number of carbonyl (C=O) groups excluding carboxylic acids is 2. The first-order valence-electron chi connectivity index (χ1n) is 5.16. The van der Waals surface area contributed by atoms with E-state index in [1.54, 1.807) is 0 Å². The van der Waals surface area contributed by atoms with Crippen LogP contribution in [0.25, 0.3) is 0 Å². The van der Waals surface area contributed by atoms with Crippen LogP contribution in [-0.4, -0.2) is 25.1 Å². The number of alkyl halides is 4. The molecule has 1 saturated heterocycles. The Bertz CT molecular complexity index is 423. The van der Waals surface area contributed by atoms with Crippen molar-refractivity contribution >= 4 is 70.0 Å². The summed E-state index contributed by atoms with van der Waals surface area (Å²) in [4.78, 5) is 23.8. The van der Waals surface area contributed by atoms with Crippen LogP contribution in [0.1, 0.15) is 12.8 Å². The van der Waals surface area contributed by atoms with E-state index in [9.17, 15) is 9.59 Å². The van der Waals surface area contributed by atoms with Gasteiger partial charge in [0.1, 0.15) is 9.46 Å². The van der Waals surface area contributed by atoms with Crippen LogP contribution in [0.2, 0.25) is 0 Å². The first-order chi connectivity index (χ1) is 8.27. The second-order valence-corrected chi connectivity index (χ2v) is 8.65. The first-order valence-corrected chi connectivity index (χ1v) is 7.61. The van der Waals surface area contributed by atoms with Gasteiger partial charge in [-0.3, -0.25) is 14.9 Å². The SMILES string of the molecule is O=C1NC(=O)C2(SC(Cl)C(Cl)(Cl)Cl)CC=CCC12. The molecule has 0 aromatic heterocycles. The number of carbonyl (C=O) groups is 2. The van der Waals surface area contributed by atoms with Gasteiger partial charge in [-0.25, -0.2) is 0 Å². The highest BCUT2D eigenvalue weighted by molar-refractivity contribution is 8.03. The molecule has 1 fully saturated rings. The summed E-state index contributed by atoms with van der Waals surface area (Å²) >= 11 is 24.2. The summed E-state index contributed by atoms with van der Waals surface area (Å²) in [5.41, 5.74) is 0. The van der Waals surface area contributed by atoms with E-state index in [1.807, 2.05) is 12.2 Å². The maximum atomic E-state index is 12.0. The largest absolute Gasteiger partial charge is 0.295 e. The van der Waals surface area contributed by atoms with Crippen molar-refractivity contribution in [2.75, 3.05) is 0 Å². The summed E-state index contributed by atoms with van der Waals surface area (Å²) in [6.07, 6.45) is 4.63. The van der Waals surface area contributed by atoms with E-state index in [0.717, 1.165) is 11.8 Å². The van der Waals surface area contributed by atoms with Gasteiger partial charge in [0.15, 0.2) is 0 Å². The quantitative estimate of drug-likeness (QED) is 0.474. The van der Waals surface area contributed by atoms with Crippen molar-refractivity contribution in [1.29, 1.82) is 0 Å². The van der Waals surface area contributed by atoms with Gasteiger partial charge in [0.05, 0.1) is 5.92 Å². The van der Waals surface area contributed by atoms with Crippen molar-refractivity contribution in [3.63, 3.8) is 0 Å². The molecule has 18 heavy (non-hydrogen) atoms. The average molecular weight is 349 g/mol. The molecule has 0 aromatic rings. The van der Waals surface area contributed by atoms with Gasteiger partial charge in [0.2, 0.25) is 15.6 Å². The Kier molecular flexibility index (Phi) is 4.16. The fourth-order valence-corrected chi connectivity index (χ4v) is 4.23. The molecule has 0 aromatic carbocycles. The van der Waals surface area contributed by atoms with E-state index in [2.05, 4.69) is 5.32 Å². The van der Waals surface area contributed by atoms with E-state index in [1.165, 1.54) is 0 Å². The minimum atomic E-state index is -1.70. The number of rotatable bonds is 2. The van der Waals surface area contributed by atoms with Gasteiger partial charge in [-0.2, -0.15) is 0 Å². The molecule has 2 aliphatic rings. The molecule has 1 N–H and O–H groups in total. The van der Waals surface area contributed by atoms with Gasteiger partial charge in [0.25, 0.3) is 0 Å². The molecule has 2 rings (SSSR count). The van der Waals surface area contributed by atoms with Crippen molar-refractivity contribution < 1.29 is 9.59 Å². The molecule has 1 aliphatic carbocycles. The van der Waals surface area contributed by atoms with Gasteiger partial charge < -0.3 is 0 Å². The molecule has 0 radical (unpaired) electrons. The standard InChI is InChI=1S/C10H9Cl4NO2S/c11-7(10(12,13)14)18-9-4-2-1-3-5(9)6(16)15-8(9)17/h1-2,5,7H,3-4H2,(H,15,16,17). The Hall–Kier alpha value is 0.390. The van der Waals surface area contributed by atoms with Gasteiger partial charge in [0, 0.05) is 0 Å². The minimum absolute atomic E-state index is 0.287. The van der Waals surface area contributed by atoms with Gasteiger partial charge in [-0.1, -0.05) is 47.0 Å². The van der Waals surface area contributed by atoms with Crippen molar-refractivity contribution in [2.24, 2.45) is 5.92 Å². The van der Waals surface area contributed by atoms with E-state index < -0.39 is 19.2 Å². The van der Waals surface area contributed by atoms with Crippen LogP contribution in [-0.2, 0) is 9.59 Å². The third kappa shape index (κ3) is 2.50. The lowest BCUT2D eigenvalue weighted by atomic mass is 9.84. The van der Waals surface area contributed by atoms with Gasteiger partial charge >= 0.3 is 0 Å². The van der Waals surface area contributed by atoms with Crippen LogP contribution < -0.4 is 5.32 Å². The normalized spacial score (nSPS) is 33.2. The number of hydrogen-bond donors (Lipinski definition) is 1. The molecule has 1 aliphatic heterocycles. The van der Waals surface area contributed by atoms with Crippen LogP contribution in [0.5, 0.6) is 0 Å². The van der Waals surface area contributed by atoms with Crippen LogP contribution >= 0.6 is 58.2 Å². The summed E-state index contributed by atoms with van der Waals surface area (Å²) in [5, 5.41) is 2.33. The molecular weight excluding hydrogens is 340 g/mol. The first kappa shape index (κ1) is 14.8. The third-order valence-electron chi connectivity index (χ3n) is 3.03. The van der Waals surface area contributed by atoms with Crippen LogP contribution in [0.3, 0.4) is 0 Å². The maximum Gasteiger partial charge on any atom is 0.243 e. The molecule has 2 amide bonds. The number of amides is 2. The zero-order chi connectivity index (χ0) is 13.6. The Labute approximate surface area is 129 Å². The van der Waals surface area contributed by atoms with Crippen molar-refractivity contribution in [1.82, 2.24) is 5.32 Å². The fraction of sp³-hybridized carbons (Fsp3) is 0.600. The molecule has 100 valence electrons. The molecule has 3 nitrogen and oxygen atoms in total. The number of hydrogen-bond acceptors (Lipinski definition) is 3. The predicted octanol–water partition coefficient (Wildman–Crippen LogP) is 3.02. The van der Waals surface area contributed by atoms with Crippen LogP contribution in [0.4, 0.5) is 0 Å². The van der Waals surface area contributed by atoms with Crippen LogP contribution in [0.15, 0.2) is 12.2 Å². The van der Waals surface area contributed by atoms with Crippen molar-refractivity contribution in [2.45, 2.75) is 26.1 Å². The number of fused-ring (bicyclic) bond motifs is 1. The minimum Gasteiger partial charge on any atom is -0.295 e. The van der Waals surface area contributed by atoms with Gasteiger partial charge in [-0.05, 0) is 12.8 Å². The molecule has 3 atom stereocenters. The molecular formula is C10H9Cl4NO2S. The maximum absolute atomic E-state index is 12.0. The number of nitrogens with one attached hydrogen (secondary N) is 1. The summed E-state index contributed by atoms with van der Waals surface area (Å²) in [5.74, 6) is -1.09. The second kappa shape index (κ2) is 5.06. The molecule has 0 spiro atoms. The Morgan fingerprint density at radius 1 is 1.39 bits per heavy atom. The zero-order valence-corrected chi connectivity index (χ0v) is 12.8. The highest BCUT2D eigenvalue weighted by Crippen LogP contribution is 2.52. The Balaban J connectivity index is 2.29. The summed E-state index contributed by atoms with van der Waals surface area (Å²) in [6, 6.07) is 0. The smallest absolute Gasteiger partial charge is 0.243 e. The molecule has 0 bridgehead atoms. The summed E-state index contributed by atoms with van der Waals surface area (Å²) in [7, 11) is 0. The fourth-order valence-electron chi connectivity index (χ4n) is 2.13. The monoisotopic (exact) mass is 347 g/mol. The molecule has 3 unspecified atom stereocenters. The number of halogens is 4. The zero-order valence-electron chi connectivity index (χ0n) is 8.96. The van der Waals surface area contributed by atoms with Gasteiger partial charge in [-0.15, -0.1) is 23.4 Å². The highest BCUT2D eigenvalue weighted by Gasteiger charge is 2.57. The molecule has 8 heteroatoms. The van der Waals surface area contributed by atoms with E-state index in [-0.39, 0.29) is 11.8 Å². The Morgan fingerprint density at radius 2 is 2.06 bits per heavy atom. The van der Waals surface area contributed by atoms with E-state index >= 15 is 0 Å². The summed E-state index contributed by atoms with van der Waals surface area (Å²) in [6.45, 7) is 0. The Morgan fingerprint density at radius 3 is 2.67 bits per heavy atom. The second-order valence-electron chi connectivity index (χ2n) is 4.15. The van der Waals surface area contributed by atoms with E-state index in [0.29, 0.717) is 12.8 Å². The van der Waals surface area contributed by atoms with Crippen molar-refractivity contribution in [3.05, 3.63) is 12.2 Å². The average Bonchev–Trinajstić information content (AvgIpc) is 2.50. The highest BCUT2D eigenvalue weighted by atomic mass is 35.6. The van der Waals surface area contributed by atoms with Crippen LogP contribution in [0, 0.1) is 5.92 Å². The summed E-state index contributed by atoms with van der Waals surface area (Å²) < 4.78 is -3.56. The van der Waals surface area contributed by atoms with Crippen molar-refractivity contribution in [3.8, 4) is 0 Å². The molecule has 0 saturated carbocycles. The number of thioether (sulfide) groups is 1. The number of allylic oxidation sites excluding steroid dienone is 2. The molecule has 1 heterocycles. The third-order valence-corrected chi connectivity index (χ3v) is 6.62. The lowest BCUT2D eigenvalue weighted by Gasteiger charge is -2.34. The predicted molar refractivity (Wildman–Crippen MR) is 75.3 cm³/mol. The topological polar surface area (TPSA) is 46.2 Å². The lowest BCUT2D eigenvalue weighted by Crippen LogP contribution is -2.42. The van der Waals surface area contributed by atoms with E-state index in [4.69, 9.17) is 46.4 Å².